The summed E-state index contributed by atoms with van der Waals surface area (Å²) in [5.74, 6) is 0. The van der Waals surface area contributed by atoms with Crippen LogP contribution in [0, 0.1) is 0 Å². The van der Waals surface area contributed by atoms with Crippen molar-refractivity contribution in [1.82, 2.24) is 0 Å². The van der Waals surface area contributed by atoms with Crippen LogP contribution in [0.2, 0.25) is 0 Å². The average molecular weight is 381 g/mol. The smallest absolute Gasteiger partial charge is 0.0129 e. The van der Waals surface area contributed by atoms with Crippen LogP contribution < -0.4 is 10.6 Å². The van der Waals surface area contributed by atoms with E-state index in [1.807, 2.05) is 0 Å². The summed E-state index contributed by atoms with van der Waals surface area (Å²) in [5.41, 5.74) is 4.16. The second-order valence-corrected chi connectivity index (χ2v) is 12.8. The minimum absolute atomic E-state index is 0.223. The maximum atomic E-state index is 2.43. The van der Waals surface area contributed by atoms with Gasteiger partial charge in [-0.25, -0.2) is 0 Å². The Morgan fingerprint density at radius 3 is 1.30 bits per heavy atom. The van der Waals surface area contributed by atoms with Gasteiger partial charge >= 0.3 is 0 Å². The third kappa shape index (κ3) is 5.03. The van der Waals surface area contributed by atoms with E-state index in [-0.39, 0.29) is 18.8 Å². The van der Waals surface area contributed by atoms with Crippen molar-refractivity contribution >= 4 is 18.5 Å². The molecule has 0 spiro atoms. The Morgan fingerprint density at radius 1 is 0.593 bits per heavy atom. The van der Waals surface area contributed by atoms with Gasteiger partial charge in [0.25, 0.3) is 0 Å². The van der Waals surface area contributed by atoms with Gasteiger partial charge in [0.1, 0.15) is 0 Å². The minimum atomic E-state index is -0.266. The topological polar surface area (TPSA) is 0 Å². The van der Waals surface area contributed by atoms with Gasteiger partial charge in [-0.15, -0.1) is 0 Å². The average Bonchev–Trinajstić information content (AvgIpc) is 2.62. The molecule has 3 rings (SSSR count). The monoisotopic (exact) mass is 380 g/mol. The molecule has 2 aromatic carbocycles. The Labute approximate surface area is 168 Å². The SMILES string of the molecule is CC(C)(C)c1ccc(P(c2ccc(C(C)(C)C)cc2)C2CCCCC2)cc1. The van der Waals surface area contributed by atoms with Crippen LogP contribution in [-0.2, 0) is 10.8 Å². The third-order valence-corrected chi connectivity index (χ3v) is 8.92. The maximum absolute atomic E-state index is 2.43. The molecule has 0 aromatic heterocycles. The van der Waals surface area contributed by atoms with Crippen molar-refractivity contribution in [3.63, 3.8) is 0 Å². The highest BCUT2D eigenvalue weighted by Crippen LogP contribution is 2.46. The second kappa shape index (κ2) is 8.08. The maximum Gasteiger partial charge on any atom is -0.0129 e. The van der Waals surface area contributed by atoms with Gasteiger partial charge in [0.2, 0.25) is 0 Å². The fourth-order valence-corrected chi connectivity index (χ4v) is 7.12. The number of hydrogen-bond acceptors (Lipinski definition) is 0. The summed E-state index contributed by atoms with van der Waals surface area (Å²) in [6, 6.07) is 19.2. The lowest BCUT2D eigenvalue weighted by molar-refractivity contribution is 0.513. The van der Waals surface area contributed by atoms with Crippen LogP contribution in [0.3, 0.4) is 0 Å². The van der Waals surface area contributed by atoms with E-state index < -0.39 is 0 Å². The van der Waals surface area contributed by atoms with E-state index in [9.17, 15) is 0 Å². The van der Waals surface area contributed by atoms with Crippen LogP contribution >= 0.6 is 7.92 Å². The molecule has 146 valence electrons. The van der Waals surface area contributed by atoms with E-state index >= 15 is 0 Å². The van der Waals surface area contributed by atoms with E-state index in [0.717, 1.165) is 5.66 Å². The standard InChI is InChI=1S/C26H37P/c1-25(2,3)20-12-16-23(17-13-20)27(22-10-8-7-9-11-22)24-18-14-21(15-19-24)26(4,5)6/h12-19,22H,7-11H2,1-6H3. The molecule has 1 aliphatic rings. The molecular formula is C26H37P. The molecule has 0 heterocycles. The first-order chi connectivity index (χ1) is 12.7. The van der Waals surface area contributed by atoms with E-state index in [1.54, 1.807) is 10.6 Å². The lowest BCUT2D eigenvalue weighted by Gasteiger charge is -2.32. The fourth-order valence-electron chi connectivity index (χ4n) is 4.15. The summed E-state index contributed by atoms with van der Waals surface area (Å²) >= 11 is 0. The van der Waals surface area contributed by atoms with E-state index in [0.29, 0.717) is 0 Å². The van der Waals surface area contributed by atoms with E-state index in [2.05, 4.69) is 90.1 Å². The summed E-state index contributed by atoms with van der Waals surface area (Å²) in [5, 5.41) is 3.13. The molecule has 0 saturated heterocycles. The molecule has 0 atom stereocenters. The van der Waals surface area contributed by atoms with Crippen LogP contribution in [0.1, 0.15) is 84.8 Å². The summed E-state index contributed by atoms with van der Waals surface area (Å²) in [4.78, 5) is 0. The Kier molecular flexibility index (Phi) is 6.17. The first kappa shape index (κ1) is 20.6. The predicted molar refractivity (Wildman–Crippen MR) is 123 cm³/mol. The summed E-state index contributed by atoms with van der Waals surface area (Å²) in [6.07, 6.45) is 7.03. The van der Waals surface area contributed by atoms with E-state index in [4.69, 9.17) is 0 Å². The molecule has 1 heteroatoms. The normalized spacial score (nSPS) is 16.7. The Balaban J connectivity index is 1.96. The highest BCUT2D eigenvalue weighted by molar-refractivity contribution is 7.73. The number of rotatable bonds is 3. The van der Waals surface area contributed by atoms with Crippen LogP contribution in [0.15, 0.2) is 48.5 Å². The predicted octanol–water partition coefficient (Wildman–Crippen LogP) is 7.05. The van der Waals surface area contributed by atoms with Gasteiger partial charge in [-0.3, -0.25) is 0 Å². The van der Waals surface area contributed by atoms with Crippen LogP contribution in [0.5, 0.6) is 0 Å². The van der Waals surface area contributed by atoms with Gasteiger partial charge in [0.05, 0.1) is 0 Å². The van der Waals surface area contributed by atoms with Crippen molar-refractivity contribution in [2.75, 3.05) is 0 Å². The molecule has 0 radical (unpaired) electrons. The van der Waals surface area contributed by atoms with Crippen molar-refractivity contribution < 1.29 is 0 Å². The lowest BCUT2D eigenvalue weighted by Crippen LogP contribution is -2.24. The Hall–Kier alpha value is -1.13. The van der Waals surface area contributed by atoms with Gasteiger partial charge < -0.3 is 0 Å². The molecule has 1 saturated carbocycles. The molecule has 0 bridgehead atoms. The molecule has 27 heavy (non-hydrogen) atoms. The van der Waals surface area contributed by atoms with Crippen molar-refractivity contribution in [1.29, 1.82) is 0 Å². The minimum Gasteiger partial charge on any atom is -0.0579 e. The molecule has 0 unspecified atom stereocenters. The third-order valence-electron chi connectivity index (χ3n) is 5.96. The van der Waals surface area contributed by atoms with Crippen molar-refractivity contribution in [2.24, 2.45) is 0 Å². The van der Waals surface area contributed by atoms with Crippen molar-refractivity contribution in [3.05, 3.63) is 59.7 Å². The lowest BCUT2D eigenvalue weighted by atomic mass is 9.87. The Bertz CT molecular complexity index is 662. The zero-order valence-corrected chi connectivity index (χ0v) is 19.1. The molecule has 0 N–H and O–H groups in total. The van der Waals surface area contributed by atoms with E-state index in [1.165, 1.54) is 43.2 Å². The van der Waals surface area contributed by atoms with Crippen LogP contribution in [-0.4, -0.2) is 5.66 Å². The highest BCUT2D eigenvalue weighted by Gasteiger charge is 2.27. The molecule has 0 amide bonds. The van der Waals surface area contributed by atoms with Crippen LogP contribution in [0.25, 0.3) is 0 Å². The highest BCUT2D eigenvalue weighted by atomic mass is 31.1. The molecule has 1 aliphatic carbocycles. The second-order valence-electron chi connectivity index (χ2n) is 10.3. The van der Waals surface area contributed by atoms with Gasteiger partial charge in [-0.1, -0.05) is 109 Å². The summed E-state index contributed by atoms with van der Waals surface area (Å²) < 4.78 is 0. The molecule has 0 nitrogen and oxygen atoms in total. The molecular weight excluding hydrogens is 343 g/mol. The number of benzene rings is 2. The van der Waals surface area contributed by atoms with Gasteiger partial charge in [-0.05, 0) is 59.0 Å². The van der Waals surface area contributed by atoms with Gasteiger partial charge in [-0.2, -0.15) is 0 Å². The largest absolute Gasteiger partial charge is 0.0579 e. The van der Waals surface area contributed by atoms with Gasteiger partial charge in [0.15, 0.2) is 0 Å². The molecule has 0 aliphatic heterocycles. The summed E-state index contributed by atoms with van der Waals surface area (Å²) in [7, 11) is -0.266. The zero-order chi connectivity index (χ0) is 19.7. The van der Waals surface area contributed by atoms with Gasteiger partial charge in [0, 0.05) is 0 Å². The molecule has 2 aromatic rings. The first-order valence-corrected chi connectivity index (χ1v) is 12.1. The van der Waals surface area contributed by atoms with Crippen LogP contribution in [0.4, 0.5) is 0 Å². The Morgan fingerprint density at radius 2 is 0.963 bits per heavy atom. The fraction of sp³-hybridized carbons (Fsp3) is 0.538. The summed E-state index contributed by atoms with van der Waals surface area (Å²) in [6.45, 7) is 13.8. The zero-order valence-electron chi connectivity index (χ0n) is 18.2. The number of hydrogen-bond donors (Lipinski definition) is 0. The van der Waals surface area contributed by atoms with Crippen molar-refractivity contribution in [3.8, 4) is 0 Å². The van der Waals surface area contributed by atoms with Crippen molar-refractivity contribution in [2.45, 2.75) is 90.1 Å². The molecule has 1 fully saturated rings. The quantitative estimate of drug-likeness (QED) is 0.501. The first-order valence-electron chi connectivity index (χ1n) is 10.7.